The first-order valence-electron chi connectivity index (χ1n) is 4.27. The first-order chi connectivity index (χ1) is 6.58. The van der Waals surface area contributed by atoms with Crippen LogP contribution in [-0.4, -0.2) is 16.5 Å². The zero-order chi connectivity index (χ0) is 10.6. The van der Waals surface area contributed by atoms with Gasteiger partial charge in [-0.15, -0.1) is 5.73 Å². The molecule has 0 fully saturated rings. The first kappa shape index (κ1) is 10.5. The van der Waals surface area contributed by atoms with E-state index in [2.05, 4.69) is 12.3 Å². The third-order valence-corrected chi connectivity index (χ3v) is 1.88. The van der Waals surface area contributed by atoms with Crippen LogP contribution in [0.4, 0.5) is 0 Å². The molecule has 72 valence electrons. The average Bonchev–Trinajstić information content (AvgIpc) is 2.18. The lowest BCUT2D eigenvalue weighted by Crippen LogP contribution is -2.32. The lowest BCUT2D eigenvalue weighted by Gasteiger charge is -2.15. The molecule has 2 nitrogen and oxygen atoms in total. The minimum atomic E-state index is -1.52. The zero-order valence-electron chi connectivity index (χ0n) is 8.03. The van der Waals surface area contributed by atoms with E-state index >= 15 is 0 Å². The SMILES string of the molecule is C=C=CC(C)(O)C(=O)c1ccccc1. The Morgan fingerprint density at radius 3 is 2.57 bits per heavy atom. The smallest absolute Gasteiger partial charge is 0.198 e. The van der Waals surface area contributed by atoms with E-state index in [1.165, 1.54) is 13.0 Å². The Hall–Kier alpha value is -1.63. The molecule has 0 saturated carbocycles. The summed E-state index contributed by atoms with van der Waals surface area (Å²) in [6.45, 7) is 4.75. The molecule has 1 atom stereocenters. The summed E-state index contributed by atoms with van der Waals surface area (Å²) >= 11 is 0. The van der Waals surface area contributed by atoms with Crippen LogP contribution in [0.25, 0.3) is 0 Å². The van der Waals surface area contributed by atoms with Crippen molar-refractivity contribution in [2.24, 2.45) is 0 Å². The van der Waals surface area contributed by atoms with Crippen molar-refractivity contribution >= 4 is 5.78 Å². The van der Waals surface area contributed by atoms with Crippen molar-refractivity contribution in [2.75, 3.05) is 0 Å². The van der Waals surface area contributed by atoms with Crippen LogP contribution < -0.4 is 0 Å². The van der Waals surface area contributed by atoms with Crippen LogP contribution in [0.1, 0.15) is 17.3 Å². The number of ketones is 1. The van der Waals surface area contributed by atoms with E-state index in [4.69, 9.17) is 0 Å². The van der Waals surface area contributed by atoms with Crippen molar-refractivity contribution in [2.45, 2.75) is 12.5 Å². The summed E-state index contributed by atoms with van der Waals surface area (Å²) in [4.78, 5) is 11.7. The number of benzene rings is 1. The van der Waals surface area contributed by atoms with Crippen LogP contribution in [0.5, 0.6) is 0 Å². The fraction of sp³-hybridized carbons (Fsp3) is 0.167. The lowest BCUT2D eigenvalue weighted by molar-refractivity contribution is 0.0592. The molecule has 0 amide bonds. The lowest BCUT2D eigenvalue weighted by atomic mass is 9.95. The van der Waals surface area contributed by atoms with Crippen molar-refractivity contribution in [1.29, 1.82) is 0 Å². The number of Topliss-reactive ketones (excluding diaryl/α,β-unsaturated/α-hetero) is 1. The van der Waals surface area contributed by atoms with E-state index in [1.54, 1.807) is 24.3 Å². The first-order valence-corrected chi connectivity index (χ1v) is 4.27. The van der Waals surface area contributed by atoms with Gasteiger partial charge in [-0.2, -0.15) is 0 Å². The summed E-state index contributed by atoms with van der Waals surface area (Å²) in [6.07, 6.45) is 1.25. The third-order valence-electron chi connectivity index (χ3n) is 1.88. The summed E-state index contributed by atoms with van der Waals surface area (Å²) in [5, 5.41) is 9.73. The van der Waals surface area contributed by atoms with Crippen molar-refractivity contribution < 1.29 is 9.90 Å². The predicted octanol–water partition coefficient (Wildman–Crippen LogP) is 1.96. The highest BCUT2D eigenvalue weighted by Crippen LogP contribution is 2.13. The van der Waals surface area contributed by atoms with Crippen LogP contribution >= 0.6 is 0 Å². The normalized spacial score (nSPS) is 13.9. The number of carbonyl (C=O) groups excluding carboxylic acids is 1. The summed E-state index contributed by atoms with van der Waals surface area (Å²) in [5.74, 6) is -0.353. The molecule has 1 unspecified atom stereocenters. The van der Waals surface area contributed by atoms with Gasteiger partial charge in [-0.3, -0.25) is 4.79 Å². The minimum absolute atomic E-state index is 0.353. The van der Waals surface area contributed by atoms with Crippen molar-refractivity contribution in [1.82, 2.24) is 0 Å². The Morgan fingerprint density at radius 1 is 1.50 bits per heavy atom. The number of rotatable bonds is 3. The Bertz CT molecular complexity index is 371. The molecule has 0 spiro atoms. The van der Waals surface area contributed by atoms with E-state index in [1.807, 2.05) is 6.07 Å². The van der Waals surface area contributed by atoms with Crippen LogP contribution in [0.2, 0.25) is 0 Å². The van der Waals surface area contributed by atoms with Gasteiger partial charge in [0.25, 0.3) is 0 Å². The Kier molecular flexibility index (Phi) is 3.03. The summed E-state index contributed by atoms with van der Waals surface area (Å²) in [6, 6.07) is 8.64. The standard InChI is InChI=1S/C12H12O2/c1-3-9-12(2,14)11(13)10-7-5-4-6-8-10/h4-9,14H,1H2,2H3. The van der Waals surface area contributed by atoms with Gasteiger partial charge in [-0.25, -0.2) is 0 Å². The number of hydrogen-bond acceptors (Lipinski definition) is 2. The maximum absolute atomic E-state index is 11.7. The second kappa shape index (κ2) is 4.05. The summed E-state index contributed by atoms with van der Waals surface area (Å²) in [5.41, 5.74) is 1.36. The van der Waals surface area contributed by atoms with E-state index in [9.17, 15) is 9.90 Å². The molecule has 0 aliphatic heterocycles. The van der Waals surface area contributed by atoms with E-state index in [-0.39, 0.29) is 5.78 Å². The largest absolute Gasteiger partial charge is 0.377 e. The molecule has 0 heterocycles. The van der Waals surface area contributed by atoms with Gasteiger partial charge in [0.15, 0.2) is 5.78 Å². The van der Waals surface area contributed by atoms with Crippen LogP contribution in [0, 0.1) is 0 Å². The average molecular weight is 188 g/mol. The molecule has 14 heavy (non-hydrogen) atoms. The number of carbonyl (C=O) groups is 1. The van der Waals surface area contributed by atoms with Crippen molar-refractivity contribution in [3.8, 4) is 0 Å². The van der Waals surface area contributed by atoms with Gasteiger partial charge >= 0.3 is 0 Å². The maximum Gasteiger partial charge on any atom is 0.198 e. The second-order valence-electron chi connectivity index (χ2n) is 3.19. The summed E-state index contributed by atoms with van der Waals surface area (Å²) in [7, 11) is 0. The highest BCUT2D eigenvalue weighted by molar-refractivity contribution is 6.03. The van der Waals surface area contributed by atoms with Gasteiger partial charge in [0.2, 0.25) is 0 Å². The van der Waals surface area contributed by atoms with Crippen molar-refractivity contribution in [3.05, 3.63) is 54.3 Å². The molecular weight excluding hydrogens is 176 g/mol. The fourth-order valence-corrected chi connectivity index (χ4v) is 1.15. The maximum atomic E-state index is 11.7. The molecule has 1 rings (SSSR count). The van der Waals surface area contributed by atoms with Crippen LogP contribution in [-0.2, 0) is 0 Å². The number of hydrogen-bond donors (Lipinski definition) is 1. The monoisotopic (exact) mass is 188 g/mol. The predicted molar refractivity (Wildman–Crippen MR) is 55.1 cm³/mol. The molecule has 1 N–H and O–H groups in total. The molecule has 0 aliphatic carbocycles. The topological polar surface area (TPSA) is 37.3 Å². The fourth-order valence-electron chi connectivity index (χ4n) is 1.15. The number of aliphatic hydroxyl groups is 1. The second-order valence-corrected chi connectivity index (χ2v) is 3.19. The quantitative estimate of drug-likeness (QED) is 0.581. The molecule has 1 aromatic rings. The molecular formula is C12H12O2. The van der Waals surface area contributed by atoms with Gasteiger partial charge in [0, 0.05) is 5.56 Å². The molecule has 2 heteroatoms. The Morgan fingerprint density at radius 2 is 2.07 bits per heavy atom. The van der Waals surface area contributed by atoms with Crippen LogP contribution in [0.3, 0.4) is 0 Å². The molecule has 0 aromatic heterocycles. The highest BCUT2D eigenvalue weighted by Gasteiger charge is 2.27. The van der Waals surface area contributed by atoms with Crippen LogP contribution in [0.15, 0.2) is 48.7 Å². The Balaban J connectivity index is 3.02. The van der Waals surface area contributed by atoms with E-state index in [0.29, 0.717) is 5.56 Å². The highest BCUT2D eigenvalue weighted by atomic mass is 16.3. The van der Waals surface area contributed by atoms with Gasteiger partial charge in [-0.1, -0.05) is 36.9 Å². The van der Waals surface area contributed by atoms with Gasteiger partial charge in [0.1, 0.15) is 5.60 Å². The molecule has 0 radical (unpaired) electrons. The minimum Gasteiger partial charge on any atom is -0.377 e. The molecule has 1 aromatic carbocycles. The van der Waals surface area contributed by atoms with Gasteiger partial charge in [-0.05, 0) is 13.0 Å². The van der Waals surface area contributed by atoms with E-state index < -0.39 is 5.60 Å². The molecule has 0 bridgehead atoms. The van der Waals surface area contributed by atoms with Gasteiger partial charge in [0.05, 0.1) is 0 Å². The summed E-state index contributed by atoms with van der Waals surface area (Å²) < 4.78 is 0. The van der Waals surface area contributed by atoms with E-state index in [0.717, 1.165) is 0 Å². The Labute approximate surface area is 83.2 Å². The third kappa shape index (κ3) is 2.19. The van der Waals surface area contributed by atoms with Gasteiger partial charge < -0.3 is 5.11 Å². The molecule has 0 aliphatic rings. The van der Waals surface area contributed by atoms with Crippen molar-refractivity contribution in [3.63, 3.8) is 0 Å². The molecule has 0 saturated heterocycles. The zero-order valence-corrected chi connectivity index (χ0v) is 8.03.